The van der Waals surface area contributed by atoms with Gasteiger partial charge in [0, 0.05) is 23.4 Å². The van der Waals surface area contributed by atoms with Gasteiger partial charge < -0.3 is 0 Å². The van der Waals surface area contributed by atoms with Gasteiger partial charge in [0.15, 0.2) is 5.65 Å². The molecule has 2 aromatic heterocycles. The van der Waals surface area contributed by atoms with Crippen molar-refractivity contribution in [2.75, 3.05) is 0 Å². The van der Waals surface area contributed by atoms with Crippen molar-refractivity contribution in [3.63, 3.8) is 0 Å². The molecular weight excluding hydrogens is 174 g/mol. The number of aromatic nitrogens is 3. The van der Waals surface area contributed by atoms with Crippen molar-refractivity contribution in [2.45, 2.75) is 32.6 Å². The molecule has 2 heterocycles. The maximum atomic E-state index is 4.57. The Kier molecular flexibility index (Phi) is 1.46. The van der Waals surface area contributed by atoms with Crippen LogP contribution in [0, 0.1) is 13.8 Å². The number of hydrogen-bond acceptors (Lipinski definition) is 2. The van der Waals surface area contributed by atoms with E-state index in [1.54, 1.807) is 0 Å². The van der Waals surface area contributed by atoms with E-state index in [0.717, 1.165) is 11.3 Å². The molecule has 0 amide bonds. The Bertz CT molecular complexity index is 494. The first-order valence-corrected chi connectivity index (χ1v) is 5.08. The molecule has 1 aliphatic carbocycles. The lowest BCUT2D eigenvalue weighted by Crippen LogP contribution is -1.97. The highest BCUT2D eigenvalue weighted by Crippen LogP contribution is 2.39. The fourth-order valence-electron chi connectivity index (χ4n) is 1.88. The van der Waals surface area contributed by atoms with Crippen LogP contribution < -0.4 is 0 Å². The van der Waals surface area contributed by atoms with Crippen LogP contribution in [0.1, 0.15) is 35.8 Å². The molecule has 0 N–H and O–H groups in total. The molecule has 3 nitrogen and oxygen atoms in total. The molecule has 0 unspecified atom stereocenters. The van der Waals surface area contributed by atoms with Crippen LogP contribution in [-0.4, -0.2) is 14.6 Å². The van der Waals surface area contributed by atoms with Crippen molar-refractivity contribution in [1.82, 2.24) is 14.6 Å². The normalized spacial score (nSPS) is 16.4. The summed E-state index contributed by atoms with van der Waals surface area (Å²) < 4.78 is 1.95. The van der Waals surface area contributed by atoms with Gasteiger partial charge in [-0.25, -0.2) is 9.50 Å². The summed E-state index contributed by atoms with van der Waals surface area (Å²) in [5.74, 6) is 0.705. The first-order valence-electron chi connectivity index (χ1n) is 5.08. The zero-order valence-corrected chi connectivity index (χ0v) is 8.49. The molecule has 1 aliphatic rings. The Morgan fingerprint density at radius 1 is 1.29 bits per heavy atom. The van der Waals surface area contributed by atoms with Crippen molar-refractivity contribution < 1.29 is 0 Å². The van der Waals surface area contributed by atoms with Crippen LogP contribution in [0.2, 0.25) is 0 Å². The van der Waals surface area contributed by atoms with Gasteiger partial charge >= 0.3 is 0 Å². The van der Waals surface area contributed by atoms with E-state index in [1.807, 2.05) is 11.4 Å². The molecule has 2 aromatic rings. The van der Waals surface area contributed by atoms with Crippen LogP contribution in [-0.2, 0) is 0 Å². The summed E-state index contributed by atoms with van der Waals surface area (Å²) in [6, 6.07) is 4.19. The van der Waals surface area contributed by atoms with Gasteiger partial charge in [-0.2, -0.15) is 5.10 Å². The van der Waals surface area contributed by atoms with Crippen LogP contribution in [0.15, 0.2) is 12.1 Å². The summed E-state index contributed by atoms with van der Waals surface area (Å²) in [4.78, 5) is 4.47. The van der Waals surface area contributed by atoms with E-state index in [-0.39, 0.29) is 0 Å². The Balaban J connectivity index is 2.26. The predicted octanol–water partition coefficient (Wildman–Crippen LogP) is 2.22. The van der Waals surface area contributed by atoms with E-state index < -0.39 is 0 Å². The van der Waals surface area contributed by atoms with Crippen LogP contribution in [0.25, 0.3) is 5.65 Å². The monoisotopic (exact) mass is 187 g/mol. The molecule has 0 bridgehead atoms. The van der Waals surface area contributed by atoms with E-state index in [4.69, 9.17) is 0 Å². The highest BCUT2D eigenvalue weighted by atomic mass is 15.3. The molecule has 0 aromatic carbocycles. The van der Waals surface area contributed by atoms with Gasteiger partial charge in [-0.3, -0.25) is 0 Å². The number of nitrogens with zero attached hydrogens (tertiary/aromatic N) is 3. The maximum absolute atomic E-state index is 4.57. The first-order chi connectivity index (χ1) is 6.74. The Morgan fingerprint density at radius 3 is 2.79 bits per heavy atom. The van der Waals surface area contributed by atoms with E-state index in [1.165, 1.54) is 24.2 Å². The minimum absolute atomic E-state index is 0.705. The summed E-state index contributed by atoms with van der Waals surface area (Å²) in [6.45, 7) is 4.10. The largest absolute Gasteiger partial charge is 0.234 e. The average molecular weight is 187 g/mol. The Hall–Kier alpha value is -1.38. The molecule has 0 saturated heterocycles. The summed E-state index contributed by atoms with van der Waals surface area (Å²) in [5.41, 5.74) is 4.44. The quantitative estimate of drug-likeness (QED) is 0.685. The Morgan fingerprint density at radius 2 is 2.07 bits per heavy atom. The minimum Gasteiger partial charge on any atom is -0.234 e. The Labute approximate surface area is 82.8 Å². The maximum Gasteiger partial charge on any atom is 0.155 e. The van der Waals surface area contributed by atoms with Gasteiger partial charge in [0.1, 0.15) is 0 Å². The van der Waals surface area contributed by atoms with E-state index in [2.05, 4.69) is 29.1 Å². The minimum atomic E-state index is 0.705. The van der Waals surface area contributed by atoms with Gasteiger partial charge in [0.25, 0.3) is 0 Å². The summed E-state index contributed by atoms with van der Waals surface area (Å²) in [7, 11) is 0. The fraction of sp³-hybridized carbons (Fsp3) is 0.455. The second-order valence-electron chi connectivity index (χ2n) is 4.15. The van der Waals surface area contributed by atoms with Crippen LogP contribution in [0.4, 0.5) is 0 Å². The highest BCUT2D eigenvalue weighted by Gasteiger charge is 2.26. The molecule has 0 atom stereocenters. The third-order valence-electron chi connectivity index (χ3n) is 2.75. The van der Waals surface area contributed by atoms with Crippen LogP contribution in [0.3, 0.4) is 0 Å². The summed E-state index contributed by atoms with van der Waals surface area (Å²) in [5, 5.41) is 4.57. The lowest BCUT2D eigenvalue weighted by atomic mass is 10.3. The molecular formula is C11H13N3. The fourth-order valence-corrected chi connectivity index (χ4v) is 1.88. The number of fused-ring (bicyclic) bond motifs is 1. The number of aryl methyl sites for hydroxylation is 2. The van der Waals surface area contributed by atoms with Gasteiger partial charge in [-0.1, -0.05) is 0 Å². The van der Waals surface area contributed by atoms with Gasteiger partial charge in [-0.05, 0) is 32.8 Å². The zero-order valence-electron chi connectivity index (χ0n) is 8.49. The standard InChI is InChI=1S/C11H13N3/c1-7-5-8(2)14-11(12-7)6-10(13-14)9-3-4-9/h5-6,9H,3-4H2,1-2H3. The van der Waals surface area contributed by atoms with Crippen LogP contribution in [0.5, 0.6) is 0 Å². The molecule has 0 spiro atoms. The van der Waals surface area contributed by atoms with E-state index in [9.17, 15) is 0 Å². The molecule has 1 fully saturated rings. The second-order valence-corrected chi connectivity index (χ2v) is 4.15. The molecule has 3 rings (SSSR count). The van der Waals surface area contributed by atoms with Crippen molar-refractivity contribution in [3.8, 4) is 0 Å². The summed E-state index contributed by atoms with van der Waals surface area (Å²) >= 11 is 0. The van der Waals surface area contributed by atoms with Gasteiger partial charge in [0.2, 0.25) is 0 Å². The van der Waals surface area contributed by atoms with Crippen molar-refractivity contribution in [3.05, 3.63) is 29.2 Å². The lowest BCUT2D eigenvalue weighted by molar-refractivity contribution is 0.846. The third-order valence-corrected chi connectivity index (χ3v) is 2.75. The summed E-state index contributed by atoms with van der Waals surface area (Å²) in [6.07, 6.45) is 2.59. The van der Waals surface area contributed by atoms with Crippen molar-refractivity contribution in [1.29, 1.82) is 0 Å². The molecule has 0 aliphatic heterocycles. The van der Waals surface area contributed by atoms with E-state index >= 15 is 0 Å². The van der Waals surface area contributed by atoms with Gasteiger partial charge in [-0.15, -0.1) is 0 Å². The first kappa shape index (κ1) is 7.97. The lowest BCUT2D eigenvalue weighted by Gasteiger charge is -1.98. The molecule has 14 heavy (non-hydrogen) atoms. The topological polar surface area (TPSA) is 30.2 Å². The second kappa shape index (κ2) is 2.56. The number of rotatable bonds is 1. The van der Waals surface area contributed by atoms with Crippen molar-refractivity contribution >= 4 is 5.65 Å². The van der Waals surface area contributed by atoms with Crippen LogP contribution >= 0.6 is 0 Å². The SMILES string of the molecule is Cc1cc(C)n2nc(C3CC3)cc2n1. The van der Waals surface area contributed by atoms with Gasteiger partial charge in [0.05, 0.1) is 5.69 Å². The predicted molar refractivity (Wildman–Crippen MR) is 54.4 cm³/mol. The van der Waals surface area contributed by atoms with E-state index in [0.29, 0.717) is 5.92 Å². The number of hydrogen-bond donors (Lipinski definition) is 0. The highest BCUT2D eigenvalue weighted by molar-refractivity contribution is 5.43. The molecule has 0 radical (unpaired) electrons. The smallest absolute Gasteiger partial charge is 0.155 e. The molecule has 72 valence electrons. The zero-order chi connectivity index (χ0) is 9.71. The third kappa shape index (κ3) is 1.12. The molecule has 3 heteroatoms. The average Bonchev–Trinajstić information content (AvgIpc) is 2.87. The molecule has 1 saturated carbocycles. The van der Waals surface area contributed by atoms with Crippen molar-refractivity contribution in [2.24, 2.45) is 0 Å².